The molecule has 12 nitrogen and oxygen atoms in total. The fourth-order valence-corrected chi connectivity index (χ4v) is 4.00. The van der Waals surface area contributed by atoms with E-state index in [9.17, 15) is 14.8 Å². The van der Waals surface area contributed by atoms with Gasteiger partial charge in [-0.2, -0.15) is 0 Å². The number of aryl methyl sites for hydroxylation is 2. The Morgan fingerprint density at radius 2 is 1.97 bits per heavy atom. The number of nitrogens with one attached hydrogen (secondary N) is 1. The number of benzene rings is 1. The molecule has 1 aliphatic rings. The van der Waals surface area contributed by atoms with Gasteiger partial charge in [-0.25, -0.2) is 19.5 Å². The highest BCUT2D eigenvalue weighted by molar-refractivity contribution is 7.46. The molecule has 3 aromatic rings. The molecule has 172 valence electrons. The lowest BCUT2D eigenvalue weighted by Crippen LogP contribution is -2.33. The molecule has 0 radical (unpaired) electrons. The van der Waals surface area contributed by atoms with Crippen molar-refractivity contribution in [2.45, 2.75) is 44.9 Å². The minimum absolute atomic E-state index is 0.357. The molecule has 2 aromatic heterocycles. The number of hydrogen-bond donors (Lipinski definition) is 5. The Bertz CT molecular complexity index is 1170. The predicted molar refractivity (Wildman–Crippen MR) is 112 cm³/mol. The standard InChI is InChI=1S/C19H24N5O7P/c1-10-3-4-12(11(2)5-10)6-20-17-14-18(22-8-21-17)24(9-23-14)19-16(26)15(25)13(31-19)7-30-32(27,28)29/h3-5,8-9,13,15-16,19,25-26H,6-7H2,1-2H3,(H,20,21,22)(H2,27,28,29)/t13-,15-,16-,19-/m1/s1. The van der Waals surface area contributed by atoms with Crippen LogP contribution in [-0.2, 0) is 20.4 Å². The second-order valence-corrected chi connectivity index (χ2v) is 8.90. The molecule has 13 heteroatoms. The predicted octanol–water partition coefficient (Wildman–Crippen LogP) is 0.784. The Kier molecular flexibility index (Phi) is 6.28. The quantitative estimate of drug-likeness (QED) is 0.312. The van der Waals surface area contributed by atoms with E-state index in [-0.39, 0.29) is 0 Å². The van der Waals surface area contributed by atoms with Crippen LogP contribution in [0.4, 0.5) is 5.82 Å². The van der Waals surface area contributed by atoms with Gasteiger partial charge < -0.3 is 30.1 Å². The van der Waals surface area contributed by atoms with Gasteiger partial charge in [-0.3, -0.25) is 9.09 Å². The molecule has 3 heterocycles. The SMILES string of the molecule is Cc1ccc(CNc2ncnc3c2ncn3[C@@H]2O[C@H](COP(=O)(O)O)[C@@H](O)[C@H]2O)c(C)c1. The third kappa shape index (κ3) is 4.66. The summed E-state index contributed by atoms with van der Waals surface area (Å²) in [6, 6.07) is 6.17. The molecule has 5 N–H and O–H groups in total. The zero-order valence-corrected chi connectivity index (χ0v) is 18.3. The van der Waals surface area contributed by atoms with E-state index in [4.69, 9.17) is 14.5 Å². The van der Waals surface area contributed by atoms with Gasteiger partial charge in [-0.05, 0) is 25.0 Å². The summed E-state index contributed by atoms with van der Waals surface area (Å²) in [4.78, 5) is 30.5. The highest BCUT2D eigenvalue weighted by Gasteiger charge is 2.45. The van der Waals surface area contributed by atoms with Crippen LogP contribution in [0.5, 0.6) is 0 Å². The van der Waals surface area contributed by atoms with E-state index < -0.39 is 39.0 Å². The molecule has 4 rings (SSSR count). The number of phosphoric ester groups is 1. The number of phosphoric acid groups is 1. The maximum atomic E-state index is 10.9. The third-order valence-electron chi connectivity index (χ3n) is 5.32. The number of fused-ring (bicyclic) bond motifs is 1. The average Bonchev–Trinajstić information content (AvgIpc) is 3.27. The Morgan fingerprint density at radius 3 is 2.69 bits per heavy atom. The first-order valence-corrected chi connectivity index (χ1v) is 11.4. The Hall–Kier alpha value is -2.44. The van der Waals surface area contributed by atoms with Crippen LogP contribution in [0.2, 0.25) is 0 Å². The summed E-state index contributed by atoms with van der Waals surface area (Å²) in [5, 5.41) is 23.9. The lowest BCUT2D eigenvalue weighted by atomic mass is 10.1. The van der Waals surface area contributed by atoms with Crippen LogP contribution in [0.25, 0.3) is 11.2 Å². The fourth-order valence-electron chi connectivity index (χ4n) is 3.66. The lowest BCUT2D eigenvalue weighted by molar-refractivity contribution is -0.0504. The Morgan fingerprint density at radius 1 is 1.19 bits per heavy atom. The number of imidazole rings is 1. The van der Waals surface area contributed by atoms with E-state index in [2.05, 4.69) is 30.9 Å². The molecule has 0 saturated carbocycles. The summed E-state index contributed by atoms with van der Waals surface area (Å²) in [7, 11) is -4.75. The molecule has 4 atom stereocenters. The highest BCUT2D eigenvalue weighted by Crippen LogP contribution is 2.39. The number of hydrogen-bond acceptors (Lipinski definition) is 9. The first kappa shape index (κ1) is 22.7. The monoisotopic (exact) mass is 465 g/mol. The molecule has 0 unspecified atom stereocenters. The van der Waals surface area contributed by atoms with Gasteiger partial charge in [-0.15, -0.1) is 0 Å². The van der Waals surface area contributed by atoms with Crippen molar-refractivity contribution in [1.29, 1.82) is 0 Å². The molecule has 1 aliphatic heterocycles. The first-order chi connectivity index (χ1) is 15.1. The van der Waals surface area contributed by atoms with Gasteiger partial charge in [0.2, 0.25) is 0 Å². The summed E-state index contributed by atoms with van der Waals surface area (Å²) in [5.41, 5.74) is 4.23. The van der Waals surface area contributed by atoms with Gasteiger partial charge in [0, 0.05) is 6.54 Å². The largest absolute Gasteiger partial charge is 0.469 e. The molecule has 1 saturated heterocycles. The zero-order valence-electron chi connectivity index (χ0n) is 17.4. The van der Waals surface area contributed by atoms with Gasteiger partial charge in [0.1, 0.15) is 24.6 Å². The minimum atomic E-state index is -4.75. The van der Waals surface area contributed by atoms with Gasteiger partial charge in [0.05, 0.1) is 12.9 Å². The van der Waals surface area contributed by atoms with E-state index in [1.54, 1.807) is 0 Å². The van der Waals surface area contributed by atoms with Crippen molar-refractivity contribution < 1.29 is 33.8 Å². The van der Waals surface area contributed by atoms with Crippen molar-refractivity contribution in [2.24, 2.45) is 0 Å². The van der Waals surface area contributed by atoms with Gasteiger partial charge in [0.15, 0.2) is 23.2 Å². The molecule has 1 aromatic carbocycles. The molecule has 0 amide bonds. The summed E-state index contributed by atoms with van der Waals surface area (Å²) < 4.78 is 22.4. The first-order valence-electron chi connectivity index (χ1n) is 9.83. The van der Waals surface area contributed by atoms with E-state index in [0.717, 1.165) is 11.1 Å². The molecule has 0 aliphatic carbocycles. The van der Waals surface area contributed by atoms with E-state index in [0.29, 0.717) is 23.5 Å². The smallest absolute Gasteiger partial charge is 0.387 e. The fraction of sp³-hybridized carbons (Fsp3) is 0.421. The van der Waals surface area contributed by atoms with Crippen molar-refractivity contribution in [3.8, 4) is 0 Å². The van der Waals surface area contributed by atoms with Crippen LogP contribution < -0.4 is 5.32 Å². The molecular formula is C19H24N5O7P. The normalized spacial score (nSPS) is 23.7. The van der Waals surface area contributed by atoms with Crippen molar-refractivity contribution in [3.63, 3.8) is 0 Å². The maximum absolute atomic E-state index is 10.9. The number of aliphatic hydroxyl groups excluding tert-OH is 2. The van der Waals surface area contributed by atoms with Gasteiger partial charge >= 0.3 is 7.82 Å². The van der Waals surface area contributed by atoms with Gasteiger partial charge in [-0.1, -0.05) is 23.8 Å². The van der Waals surface area contributed by atoms with E-state index in [1.165, 1.54) is 22.8 Å². The van der Waals surface area contributed by atoms with Crippen LogP contribution in [0, 0.1) is 13.8 Å². The minimum Gasteiger partial charge on any atom is -0.387 e. The Balaban J connectivity index is 1.54. The average molecular weight is 465 g/mol. The van der Waals surface area contributed by atoms with E-state index >= 15 is 0 Å². The van der Waals surface area contributed by atoms with Crippen LogP contribution in [0.1, 0.15) is 22.9 Å². The number of nitrogens with zero attached hydrogens (tertiary/aromatic N) is 4. The molecule has 0 spiro atoms. The van der Waals surface area contributed by atoms with Crippen molar-refractivity contribution in [2.75, 3.05) is 11.9 Å². The van der Waals surface area contributed by atoms with Crippen molar-refractivity contribution in [3.05, 3.63) is 47.5 Å². The summed E-state index contributed by atoms with van der Waals surface area (Å²) in [5.74, 6) is 0.489. The van der Waals surface area contributed by atoms with Crippen LogP contribution >= 0.6 is 7.82 Å². The third-order valence-corrected chi connectivity index (χ3v) is 5.81. The number of aromatic nitrogens is 4. The molecular weight excluding hydrogens is 441 g/mol. The second kappa shape index (κ2) is 8.83. The number of aliphatic hydroxyl groups is 2. The van der Waals surface area contributed by atoms with Crippen LogP contribution in [0.15, 0.2) is 30.9 Å². The summed E-state index contributed by atoms with van der Waals surface area (Å²) in [6.45, 7) is 3.99. The maximum Gasteiger partial charge on any atom is 0.469 e. The van der Waals surface area contributed by atoms with Gasteiger partial charge in [0.25, 0.3) is 0 Å². The van der Waals surface area contributed by atoms with Crippen molar-refractivity contribution >= 4 is 24.8 Å². The topological polar surface area (TPSA) is 172 Å². The lowest BCUT2D eigenvalue weighted by Gasteiger charge is -2.16. The summed E-state index contributed by atoms with van der Waals surface area (Å²) in [6.07, 6.45) is -2.30. The van der Waals surface area contributed by atoms with Crippen LogP contribution in [0.3, 0.4) is 0 Å². The molecule has 1 fully saturated rings. The summed E-state index contributed by atoms with van der Waals surface area (Å²) >= 11 is 0. The molecule has 0 bridgehead atoms. The van der Waals surface area contributed by atoms with Crippen molar-refractivity contribution in [1.82, 2.24) is 19.5 Å². The highest BCUT2D eigenvalue weighted by atomic mass is 31.2. The second-order valence-electron chi connectivity index (χ2n) is 7.66. The number of ether oxygens (including phenoxy) is 1. The number of rotatable bonds is 7. The van der Waals surface area contributed by atoms with E-state index in [1.807, 2.05) is 26.0 Å². The Labute approximate surface area is 183 Å². The zero-order chi connectivity index (χ0) is 23.0. The molecule has 32 heavy (non-hydrogen) atoms. The van der Waals surface area contributed by atoms with Crippen LogP contribution in [-0.4, -0.2) is 64.4 Å². The number of anilines is 1.